The molecule has 2 heteroatoms. The third-order valence-corrected chi connectivity index (χ3v) is 3.77. The fourth-order valence-corrected chi connectivity index (χ4v) is 3.10. The third kappa shape index (κ3) is 1.51. The summed E-state index contributed by atoms with van der Waals surface area (Å²) in [5.41, 5.74) is 2.62. The first-order chi connectivity index (χ1) is 6.33. The maximum absolute atomic E-state index is 10.5. The molecule has 1 aliphatic heterocycles. The van der Waals surface area contributed by atoms with Gasteiger partial charge in [-0.15, -0.1) is 11.8 Å². The summed E-state index contributed by atoms with van der Waals surface area (Å²) in [6, 6.07) is 6.26. The van der Waals surface area contributed by atoms with Crippen LogP contribution in [-0.2, 0) is 11.2 Å². The lowest BCUT2D eigenvalue weighted by atomic mass is 9.96. The fourth-order valence-electron chi connectivity index (χ4n) is 1.84. The molecule has 1 heterocycles. The summed E-state index contributed by atoms with van der Waals surface area (Å²) < 4.78 is 0. The van der Waals surface area contributed by atoms with E-state index in [4.69, 9.17) is 0 Å². The van der Waals surface area contributed by atoms with E-state index in [0.717, 1.165) is 12.0 Å². The molecule has 0 spiro atoms. The summed E-state index contributed by atoms with van der Waals surface area (Å²) in [6.45, 7) is 2.23. The number of hydrogen-bond acceptors (Lipinski definition) is 2. The van der Waals surface area contributed by atoms with Crippen LogP contribution < -0.4 is 0 Å². The minimum absolute atomic E-state index is 0.564. The van der Waals surface area contributed by atoms with Crippen molar-refractivity contribution in [2.75, 3.05) is 5.75 Å². The van der Waals surface area contributed by atoms with Crippen LogP contribution in [0, 0.1) is 0 Å². The smallest absolute Gasteiger partial charge is 0.124 e. The molecular weight excluding hydrogens is 180 g/mol. The number of aldehydes is 1. The molecule has 1 aliphatic rings. The molecule has 0 aliphatic carbocycles. The Kier molecular flexibility index (Phi) is 2.40. The van der Waals surface area contributed by atoms with Crippen molar-refractivity contribution < 1.29 is 4.79 Å². The molecular formula is C11H12OS. The molecule has 0 bridgehead atoms. The lowest BCUT2D eigenvalue weighted by molar-refractivity contribution is -0.107. The van der Waals surface area contributed by atoms with E-state index < -0.39 is 0 Å². The summed E-state index contributed by atoms with van der Waals surface area (Å²) in [6.07, 6.45) is 1.55. The number of carbonyl (C=O) groups excluding carboxylic acids is 1. The average molecular weight is 192 g/mol. The second-order valence-corrected chi connectivity index (χ2v) is 4.47. The Bertz CT molecular complexity index is 333. The van der Waals surface area contributed by atoms with E-state index in [2.05, 4.69) is 19.1 Å². The van der Waals surface area contributed by atoms with Gasteiger partial charge in [0, 0.05) is 17.1 Å². The minimum Gasteiger partial charge on any atom is -0.303 e. The summed E-state index contributed by atoms with van der Waals surface area (Å²) in [7, 11) is 0. The molecule has 0 fully saturated rings. The predicted molar refractivity (Wildman–Crippen MR) is 55.3 cm³/mol. The average Bonchev–Trinajstić information content (AvgIpc) is 2.50. The molecule has 0 radical (unpaired) electrons. The van der Waals surface area contributed by atoms with Crippen LogP contribution in [0.1, 0.15) is 24.0 Å². The van der Waals surface area contributed by atoms with E-state index in [1.807, 2.05) is 17.8 Å². The van der Waals surface area contributed by atoms with Gasteiger partial charge in [0.05, 0.1) is 0 Å². The molecule has 0 saturated heterocycles. The minimum atomic E-state index is 0.564. The van der Waals surface area contributed by atoms with E-state index in [9.17, 15) is 4.79 Å². The molecule has 0 aromatic heterocycles. The number of rotatable bonds is 2. The second kappa shape index (κ2) is 3.54. The van der Waals surface area contributed by atoms with Crippen molar-refractivity contribution in [1.82, 2.24) is 0 Å². The maximum Gasteiger partial charge on any atom is 0.124 e. The number of benzene rings is 1. The van der Waals surface area contributed by atoms with Crippen LogP contribution in [0.5, 0.6) is 0 Å². The molecule has 1 atom stereocenters. The van der Waals surface area contributed by atoms with Crippen molar-refractivity contribution in [2.24, 2.45) is 0 Å². The van der Waals surface area contributed by atoms with Gasteiger partial charge in [-0.2, -0.15) is 0 Å². The number of carbonyl (C=O) groups is 1. The van der Waals surface area contributed by atoms with Crippen molar-refractivity contribution in [3.8, 4) is 0 Å². The molecule has 0 N–H and O–H groups in total. The Morgan fingerprint density at radius 2 is 2.46 bits per heavy atom. The lowest BCUT2D eigenvalue weighted by Gasteiger charge is -2.08. The number of fused-ring (bicyclic) bond motifs is 1. The van der Waals surface area contributed by atoms with Crippen molar-refractivity contribution in [2.45, 2.75) is 24.2 Å². The lowest BCUT2D eigenvalue weighted by Crippen LogP contribution is -1.97. The van der Waals surface area contributed by atoms with Gasteiger partial charge in [0.1, 0.15) is 6.29 Å². The highest BCUT2D eigenvalue weighted by Crippen LogP contribution is 2.40. The van der Waals surface area contributed by atoms with Crippen LogP contribution in [-0.4, -0.2) is 12.0 Å². The van der Waals surface area contributed by atoms with Crippen LogP contribution in [0.2, 0.25) is 0 Å². The summed E-state index contributed by atoms with van der Waals surface area (Å²) >= 11 is 1.90. The molecule has 1 aromatic rings. The highest BCUT2D eigenvalue weighted by molar-refractivity contribution is 7.99. The number of hydrogen-bond donors (Lipinski definition) is 0. The highest BCUT2D eigenvalue weighted by Gasteiger charge is 2.21. The zero-order valence-corrected chi connectivity index (χ0v) is 8.43. The highest BCUT2D eigenvalue weighted by atomic mass is 32.2. The van der Waals surface area contributed by atoms with E-state index in [-0.39, 0.29) is 0 Å². The zero-order valence-electron chi connectivity index (χ0n) is 7.62. The first kappa shape index (κ1) is 8.82. The molecule has 13 heavy (non-hydrogen) atoms. The predicted octanol–water partition coefficient (Wildman–Crippen LogP) is 2.64. The molecule has 0 amide bonds. The Labute approximate surface area is 82.5 Å². The van der Waals surface area contributed by atoms with Crippen LogP contribution in [0.25, 0.3) is 0 Å². The van der Waals surface area contributed by atoms with E-state index >= 15 is 0 Å². The van der Waals surface area contributed by atoms with Crippen LogP contribution >= 0.6 is 11.8 Å². The van der Waals surface area contributed by atoms with Crippen LogP contribution in [0.3, 0.4) is 0 Å². The Hall–Kier alpha value is -0.760. The Balaban J connectivity index is 2.46. The van der Waals surface area contributed by atoms with Crippen LogP contribution in [0.4, 0.5) is 0 Å². The molecule has 1 aromatic carbocycles. The Morgan fingerprint density at radius 3 is 3.23 bits per heavy atom. The second-order valence-electron chi connectivity index (χ2n) is 3.41. The van der Waals surface area contributed by atoms with Gasteiger partial charge in [-0.3, -0.25) is 0 Å². The van der Waals surface area contributed by atoms with E-state index in [0.29, 0.717) is 12.3 Å². The summed E-state index contributed by atoms with van der Waals surface area (Å²) in [4.78, 5) is 11.8. The monoisotopic (exact) mass is 192 g/mol. The van der Waals surface area contributed by atoms with Gasteiger partial charge in [0.15, 0.2) is 0 Å². The quantitative estimate of drug-likeness (QED) is 0.670. The maximum atomic E-state index is 10.5. The zero-order chi connectivity index (χ0) is 9.26. The van der Waals surface area contributed by atoms with Crippen molar-refractivity contribution in [1.29, 1.82) is 0 Å². The first-order valence-electron chi connectivity index (χ1n) is 4.51. The molecule has 1 unspecified atom stereocenters. The molecule has 68 valence electrons. The SMILES string of the molecule is CC1CSc2cccc(CC=O)c21. The van der Waals surface area contributed by atoms with Gasteiger partial charge in [0.25, 0.3) is 0 Å². The van der Waals surface area contributed by atoms with Gasteiger partial charge in [0.2, 0.25) is 0 Å². The molecule has 1 nitrogen and oxygen atoms in total. The van der Waals surface area contributed by atoms with Crippen molar-refractivity contribution in [3.63, 3.8) is 0 Å². The topological polar surface area (TPSA) is 17.1 Å². The van der Waals surface area contributed by atoms with E-state index in [1.54, 1.807) is 0 Å². The van der Waals surface area contributed by atoms with Gasteiger partial charge < -0.3 is 4.79 Å². The summed E-state index contributed by atoms with van der Waals surface area (Å²) in [5, 5.41) is 0. The van der Waals surface area contributed by atoms with Gasteiger partial charge in [-0.05, 0) is 23.1 Å². The van der Waals surface area contributed by atoms with Crippen molar-refractivity contribution in [3.05, 3.63) is 29.3 Å². The Morgan fingerprint density at radius 1 is 1.62 bits per heavy atom. The van der Waals surface area contributed by atoms with Gasteiger partial charge in [-0.25, -0.2) is 0 Å². The molecule has 2 rings (SSSR count). The number of thioether (sulfide) groups is 1. The first-order valence-corrected chi connectivity index (χ1v) is 5.49. The standard InChI is InChI=1S/C11H12OS/c1-8-7-13-10-4-2-3-9(5-6-12)11(8)10/h2-4,6,8H,5,7H2,1H3. The normalized spacial score (nSPS) is 19.9. The van der Waals surface area contributed by atoms with Gasteiger partial charge >= 0.3 is 0 Å². The van der Waals surface area contributed by atoms with E-state index in [1.165, 1.54) is 16.0 Å². The molecule has 0 saturated carbocycles. The van der Waals surface area contributed by atoms with Crippen molar-refractivity contribution >= 4 is 18.0 Å². The van der Waals surface area contributed by atoms with Crippen LogP contribution in [0.15, 0.2) is 23.1 Å². The van der Waals surface area contributed by atoms with Gasteiger partial charge in [-0.1, -0.05) is 19.1 Å². The fraction of sp³-hybridized carbons (Fsp3) is 0.364. The summed E-state index contributed by atoms with van der Waals surface area (Å²) in [5.74, 6) is 1.77. The largest absolute Gasteiger partial charge is 0.303 e. The third-order valence-electron chi connectivity index (χ3n) is 2.44.